The zero-order chi connectivity index (χ0) is 14.0. The highest BCUT2D eigenvalue weighted by atomic mass is 35.5. The quantitative estimate of drug-likeness (QED) is 0.923. The van der Waals surface area contributed by atoms with E-state index in [0.717, 1.165) is 37.0 Å². The Morgan fingerprint density at radius 3 is 2.79 bits per heavy atom. The zero-order valence-electron chi connectivity index (χ0n) is 11.2. The Kier molecular flexibility index (Phi) is 4.68. The second-order valence-corrected chi connectivity index (χ2v) is 6.68. The number of halogens is 1. The van der Waals surface area contributed by atoms with E-state index in [1.807, 2.05) is 0 Å². The molecule has 0 aromatic carbocycles. The molecule has 1 N–H and O–H groups in total. The predicted octanol–water partition coefficient (Wildman–Crippen LogP) is 3.76. The fraction of sp³-hybridized carbons (Fsp3) is 0.692. The number of nitrogens with zero attached hydrogens (tertiary/aromatic N) is 2. The van der Waals surface area contributed by atoms with E-state index in [0.29, 0.717) is 5.92 Å². The first-order chi connectivity index (χ1) is 8.99. The number of carboxylic acids is 1. The largest absolute Gasteiger partial charge is 0.477 e. The molecule has 0 radical (unpaired) electrons. The van der Waals surface area contributed by atoms with Gasteiger partial charge in [0.2, 0.25) is 0 Å². The van der Waals surface area contributed by atoms with Gasteiger partial charge < -0.3 is 10.0 Å². The molecule has 1 fully saturated rings. The van der Waals surface area contributed by atoms with E-state index in [-0.39, 0.29) is 10.0 Å². The van der Waals surface area contributed by atoms with Crippen molar-refractivity contribution in [1.82, 2.24) is 4.98 Å². The molecular formula is C13H19ClN2O2S. The van der Waals surface area contributed by atoms with Gasteiger partial charge in [-0.15, -0.1) is 0 Å². The van der Waals surface area contributed by atoms with Crippen molar-refractivity contribution in [2.24, 2.45) is 11.8 Å². The van der Waals surface area contributed by atoms with Gasteiger partial charge in [-0.05, 0) is 31.1 Å². The Morgan fingerprint density at radius 1 is 1.47 bits per heavy atom. The monoisotopic (exact) mass is 302 g/mol. The topological polar surface area (TPSA) is 53.4 Å². The third-order valence-electron chi connectivity index (χ3n) is 3.75. The number of thiazole rings is 1. The van der Waals surface area contributed by atoms with Gasteiger partial charge in [0.15, 0.2) is 15.2 Å². The van der Waals surface area contributed by atoms with E-state index < -0.39 is 5.97 Å². The molecule has 1 aliphatic rings. The smallest absolute Gasteiger partial charge is 0.349 e. The summed E-state index contributed by atoms with van der Waals surface area (Å²) in [5, 5.41) is 9.87. The molecule has 1 unspecified atom stereocenters. The standard InChI is InChI=1S/C13H19ClN2O2S/c1-8(2)9-4-3-6-16(7-5-9)13-15-11(14)10(19-13)12(17)18/h8-9H,3-7H2,1-2H3,(H,17,18). The van der Waals surface area contributed by atoms with Crippen LogP contribution in [0.25, 0.3) is 0 Å². The van der Waals surface area contributed by atoms with Gasteiger partial charge in [0, 0.05) is 13.1 Å². The van der Waals surface area contributed by atoms with Crippen molar-refractivity contribution >= 4 is 34.0 Å². The maximum atomic E-state index is 11.0. The Morgan fingerprint density at radius 2 is 2.21 bits per heavy atom. The highest BCUT2D eigenvalue weighted by Gasteiger charge is 2.23. The van der Waals surface area contributed by atoms with Crippen LogP contribution in [0.4, 0.5) is 5.13 Å². The maximum absolute atomic E-state index is 11.0. The summed E-state index contributed by atoms with van der Waals surface area (Å²) in [5.41, 5.74) is 0. The molecule has 0 bridgehead atoms. The lowest BCUT2D eigenvalue weighted by Crippen LogP contribution is -2.24. The first-order valence-electron chi connectivity index (χ1n) is 6.63. The third kappa shape index (κ3) is 3.39. The summed E-state index contributed by atoms with van der Waals surface area (Å²) in [7, 11) is 0. The molecule has 106 valence electrons. The first-order valence-corrected chi connectivity index (χ1v) is 7.83. The molecule has 19 heavy (non-hydrogen) atoms. The fourth-order valence-electron chi connectivity index (χ4n) is 2.54. The number of aromatic nitrogens is 1. The fourth-order valence-corrected chi connectivity index (χ4v) is 3.71. The van der Waals surface area contributed by atoms with Crippen molar-refractivity contribution in [2.45, 2.75) is 33.1 Å². The lowest BCUT2D eigenvalue weighted by atomic mass is 9.89. The van der Waals surface area contributed by atoms with Gasteiger partial charge in [-0.3, -0.25) is 0 Å². The summed E-state index contributed by atoms with van der Waals surface area (Å²) in [5.74, 6) is 0.456. The molecule has 0 aliphatic carbocycles. The average Bonchev–Trinajstić information content (AvgIpc) is 2.59. The minimum Gasteiger partial charge on any atom is -0.477 e. The Bertz CT molecular complexity index is 461. The van der Waals surface area contributed by atoms with Gasteiger partial charge in [-0.1, -0.05) is 36.8 Å². The van der Waals surface area contributed by atoms with E-state index in [4.69, 9.17) is 16.7 Å². The molecule has 0 amide bonds. The lowest BCUT2D eigenvalue weighted by molar-refractivity contribution is 0.0702. The highest BCUT2D eigenvalue weighted by Crippen LogP contribution is 2.32. The Labute approximate surface area is 122 Å². The van der Waals surface area contributed by atoms with E-state index in [9.17, 15) is 4.79 Å². The molecular weight excluding hydrogens is 284 g/mol. The van der Waals surface area contributed by atoms with Crippen LogP contribution >= 0.6 is 22.9 Å². The molecule has 1 aromatic heterocycles. The second kappa shape index (κ2) is 6.09. The van der Waals surface area contributed by atoms with Crippen LogP contribution in [0.3, 0.4) is 0 Å². The number of rotatable bonds is 3. The first kappa shape index (κ1) is 14.6. The SMILES string of the molecule is CC(C)C1CCCN(c2nc(Cl)c(C(=O)O)s2)CC1. The second-order valence-electron chi connectivity index (χ2n) is 5.34. The van der Waals surface area contributed by atoms with Crippen LogP contribution in [0, 0.1) is 11.8 Å². The summed E-state index contributed by atoms with van der Waals surface area (Å²) < 4.78 is 0. The van der Waals surface area contributed by atoms with Crippen LogP contribution in [0.15, 0.2) is 0 Å². The van der Waals surface area contributed by atoms with Crippen molar-refractivity contribution in [3.63, 3.8) is 0 Å². The number of carboxylic acid groups (broad SMARTS) is 1. The van der Waals surface area contributed by atoms with Crippen molar-refractivity contribution in [1.29, 1.82) is 0 Å². The van der Waals surface area contributed by atoms with E-state index in [1.54, 1.807) is 0 Å². The van der Waals surface area contributed by atoms with Gasteiger partial charge in [-0.25, -0.2) is 9.78 Å². The van der Waals surface area contributed by atoms with Crippen LogP contribution in [0.1, 0.15) is 42.8 Å². The van der Waals surface area contributed by atoms with Crippen molar-refractivity contribution < 1.29 is 9.90 Å². The lowest BCUT2D eigenvalue weighted by Gasteiger charge is -2.20. The number of carbonyl (C=O) groups is 1. The molecule has 0 saturated carbocycles. The molecule has 1 aliphatic heterocycles. The van der Waals surface area contributed by atoms with Crippen LogP contribution in [-0.4, -0.2) is 29.1 Å². The van der Waals surface area contributed by atoms with Gasteiger partial charge >= 0.3 is 5.97 Å². The molecule has 2 heterocycles. The Hall–Kier alpha value is -0.810. The molecule has 1 atom stereocenters. The summed E-state index contributed by atoms with van der Waals surface area (Å²) >= 11 is 7.05. The van der Waals surface area contributed by atoms with Crippen molar-refractivity contribution in [3.8, 4) is 0 Å². The van der Waals surface area contributed by atoms with Crippen LogP contribution < -0.4 is 4.90 Å². The van der Waals surface area contributed by atoms with Crippen molar-refractivity contribution in [2.75, 3.05) is 18.0 Å². The van der Waals surface area contributed by atoms with Crippen LogP contribution in [0.5, 0.6) is 0 Å². The number of hydrogen-bond donors (Lipinski definition) is 1. The molecule has 4 nitrogen and oxygen atoms in total. The highest BCUT2D eigenvalue weighted by molar-refractivity contribution is 7.18. The molecule has 2 rings (SSSR count). The van der Waals surface area contributed by atoms with Gasteiger partial charge in [0.1, 0.15) is 0 Å². The third-order valence-corrected chi connectivity index (χ3v) is 5.24. The number of hydrogen-bond acceptors (Lipinski definition) is 4. The maximum Gasteiger partial charge on any atom is 0.349 e. The summed E-state index contributed by atoms with van der Waals surface area (Å²) in [6, 6.07) is 0. The minimum absolute atomic E-state index is 0.108. The van der Waals surface area contributed by atoms with E-state index in [1.165, 1.54) is 17.8 Å². The van der Waals surface area contributed by atoms with Gasteiger partial charge in [0.25, 0.3) is 0 Å². The Balaban J connectivity index is 2.10. The van der Waals surface area contributed by atoms with E-state index in [2.05, 4.69) is 23.7 Å². The minimum atomic E-state index is -0.997. The summed E-state index contributed by atoms with van der Waals surface area (Å²) in [4.78, 5) is 17.5. The number of aromatic carboxylic acids is 1. The molecule has 0 spiro atoms. The summed E-state index contributed by atoms with van der Waals surface area (Å²) in [6.45, 7) is 6.41. The number of anilines is 1. The average molecular weight is 303 g/mol. The summed E-state index contributed by atoms with van der Waals surface area (Å²) in [6.07, 6.45) is 3.50. The van der Waals surface area contributed by atoms with Gasteiger partial charge in [-0.2, -0.15) is 0 Å². The zero-order valence-corrected chi connectivity index (χ0v) is 12.8. The normalized spacial score (nSPS) is 20.6. The van der Waals surface area contributed by atoms with Crippen molar-refractivity contribution in [3.05, 3.63) is 10.0 Å². The molecule has 1 saturated heterocycles. The predicted molar refractivity (Wildman–Crippen MR) is 78.5 cm³/mol. The van der Waals surface area contributed by atoms with Crippen LogP contribution in [0.2, 0.25) is 5.15 Å². The van der Waals surface area contributed by atoms with Crippen LogP contribution in [-0.2, 0) is 0 Å². The molecule has 6 heteroatoms. The molecule has 1 aromatic rings. The van der Waals surface area contributed by atoms with Gasteiger partial charge in [0.05, 0.1) is 0 Å². The van der Waals surface area contributed by atoms with E-state index >= 15 is 0 Å².